The van der Waals surface area contributed by atoms with E-state index in [1.165, 1.54) is 9.75 Å². The Bertz CT molecular complexity index is 697. The fourth-order valence-electron chi connectivity index (χ4n) is 2.29. The van der Waals surface area contributed by atoms with E-state index in [0.717, 1.165) is 30.0 Å². The molecular weight excluding hydrogens is 310 g/mol. The number of thiophene rings is 1. The van der Waals surface area contributed by atoms with Crippen LogP contribution in [-0.4, -0.2) is 19.2 Å². The number of hydrogen-bond acceptors (Lipinski definition) is 4. The lowest BCUT2D eigenvalue weighted by atomic mass is 10.3. The maximum absolute atomic E-state index is 5.97. The molecule has 0 spiro atoms. The number of guanidine groups is 1. The van der Waals surface area contributed by atoms with E-state index in [2.05, 4.69) is 29.4 Å². The standard InChI is InChI=1S/C17H21N3O2S/c1-2-13-5-6-14(23-13)11-19-17(18)20-12-4-7-15-16(10-12)22-9-3-8-21-15/h4-7,10H,2-3,8-9,11H2,1H3,(H3,18,19,20). The quantitative estimate of drug-likeness (QED) is 0.665. The van der Waals surface area contributed by atoms with E-state index in [1.54, 1.807) is 11.3 Å². The Labute approximate surface area is 140 Å². The summed E-state index contributed by atoms with van der Waals surface area (Å²) < 4.78 is 11.3. The molecule has 0 atom stereocenters. The van der Waals surface area contributed by atoms with Gasteiger partial charge < -0.3 is 20.5 Å². The van der Waals surface area contributed by atoms with Crippen LogP contribution in [0.5, 0.6) is 11.5 Å². The maximum atomic E-state index is 5.97. The van der Waals surface area contributed by atoms with Gasteiger partial charge in [-0.25, -0.2) is 4.99 Å². The van der Waals surface area contributed by atoms with E-state index in [0.29, 0.717) is 25.7 Å². The summed E-state index contributed by atoms with van der Waals surface area (Å²) in [6.45, 7) is 4.09. The predicted molar refractivity (Wildman–Crippen MR) is 94.7 cm³/mol. The summed E-state index contributed by atoms with van der Waals surface area (Å²) in [7, 11) is 0. The van der Waals surface area contributed by atoms with Crippen LogP contribution in [0.15, 0.2) is 35.3 Å². The highest BCUT2D eigenvalue weighted by Gasteiger charge is 2.10. The third-order valence-electron chi connectivity index (χ3n) is 3.49. The maximum Gasteiger partial charge on any atom is 0.193 e. The van der Waals surface area contributed by atoms with E-state index in [4.69, 9.17) is 15.2 Å². The van der Waals surface area contributed by atoms with Gasteiger partial charge in [-0.2, -0.15) is 0 Å². The van der Waals surface area contributed by atoms with Crippen molar-refractivity contribution in [3.05, 3.63) is 40.1 Å². The van der Waals surface area contributed by atoms with Gasteiger partial charge in [0.2, 0.25) is 0 Å². The van der Waals surface area contributed by atoms with Gasteiger partial charge in [-0.15, -0.1) is 11.3 Å². The highest BCUT2D eigenvalue weighted by atomic mass is 32.1. The molecule has 2 heterocycles. The van der Waals surface area contributed by atoms with Crippen molar-refractivity contribution < 1.29 is 9.47 Å². The second-order valence-electron chi connectivity index (χ2n) is 5.26. The van der Waals surface area contributed by atoms with Crippen molar-refractivity contribution in [1.29, 1.82) is 0 Å². The zero-order chi connectivity index (χ0) is 16.1. The van der Waals surface area contributed by atoms with Gasteiger partial charge in [-0.3, -0.25) is 0 Å². The third-order valence-corrected chi connectivity index (χ3v) is 4.71. The summed E-state index contributed by atoms with van der Waals surface area (Å²) in [5.74, 6) is 1.91. The van der Waals surface area contributed by atoms with Crippen molar-refractivity contribution in [1.82, 2.24) is 0 Å². The molecule has 1 aliphatic rings. The number of hydrogen-bond donors (Lipinski definition) is 2. The van der Waals surface area contributed by atoms with Crippen LogP contribution < -0.4 is 20.5 Å². The minimum atomic E-state index is 0.394. The van der Waals surface area contributed by atoms with Gasteiger partial charge in [0, 0.05) is 27.9 Å². The molecule has 0 amide bonds. The molecule has 0 radical (unpaired) electrons. The number of aryl methyl sites for hydroxylation is 1. The van der Waals surface area contributed by atoms with Crippen molar-refractivity contribution in [2.24, 2.45) is 10.7 Å². The molecule has 5 nitrogen and oxygen atoms in total. The van der Waals surface area contributed by atoms with Crippen molar-refractivity contribution in [2.45, 2.75) is 26.3 Å². The summed E-state index contributed by atoms with van der Waals surface area (Å²) in [5.41, 5.74) is 6.81. The third kappa shape index (κ3) is 4.16. The van der Waals surface area contributed by atoms with Crippen LogP contribution in [0.1, 0.15) is 23.1 Å². The normalized spacial score (nSPS) is 14.4. The van der Waals surface area contributed by atoms with Crippen molar-refractivity contribution >= 4 is 23.0 Å². The number of aliphatic imine (C=N–C) groups is 1. The Morgan fingerprint density at radius 2 is 1.96 bits per heavy atom. The molecule has 23 heavy (non-hydrogen) atoms. The topological polar surface area (TPSA) is 68.9 Å². The molecule has 2 aromatic rings. The largest absolute Gasteiger partial charge is 0.490 e. The lowest BCUT2D eigenvalue weighted by Gasteiger charge is -2.10. The van der Waals surface area contributed by atoms with E-state index in [1.807, 2.05) is 18.2 Å². The van der Waals surface area contributed by atoms with Gasteiger partial charge >= 0.3 is 0 Å². The van der Waals surface area contributed by atoms with E-state index in [9.17, 15) is 0 Å². The van der Waals surface area contributed by atoms with Gasteiger partial charge in [0.25, 0.3) is 0 Å². The first-order chi connectivity index (χ1) is 11.2. The molecule has 1 aromatic heterocycles. The van der Waals surface area contributed by atoms with Gasteiger partial charge in [-0.1, -0.05) is 6.92 Å². The fourth-order valence-corrected chi connectivity index (χ4v) is 3.17. The molecule has 0 aliphatic carbocycles. The van der Waals surface area contributed by atoms with Crippen molar-refractivity contribution in [3.63, 3.8) is 0 Å². The zero-order valence-corrected chi connectivity index (χ0v) is 14.0. The van der Waals surface area contributed by atoms with Crippen molar-refractivity contribution in [2.75, 3.05) is 18.5 Å². The van der Waals surface area contributed by atoms with E-state index in [-0.39, 0.29) is 0 Å². The first kappa shape index (κ1) is 15.7. The lowest BCUT2D eigenvalue weighted by Crippen LogP contribution is -2.22. The monoisotopic (exact) mass is 331 g/mol. The molecule has 3 rings (SSSR count). The summed E-state index contributed by atoms with van der Waals surface area (Å²) in [6, 6.07) is 9.94. The molecule has 0 saturated heterocycles. The van der Waals surface area contributed by atoms with E-state index < -0.39 is 0 Å². The Morgan fingerprint density at radius 1 is 1.17 bits per heavy atom. The minimum absolute atomic E-state index is 0.394. The molecule has 1 aromatic carbocycles. The average Bonchev–Trinajstić information content (AvgIpc) is 2.90. The van der Waals surface area contributed by atoms with Crippen LogP contribution in [0.2, 0.25) is 0 Å². The molecule has 6 heteroatoms. The molecule has 0 unspecified atom stereocenters. The molecule has 122 valence electrons. The number of anilines is 1. The summed E-state index contributed by atoms with van der Waals surface area (Å²) in [4.78, 5) is 6.97. The Hall–Kier alpha value is -2.21. The number of nitrogens with one attached hydrogen (secondary N) is 1. The molecule has 3 N–H and O–H groups in total. The summed E-state index contributed by atoms with van der Waals surface area (Å²) >= 11 is 1.78. The first-order valence-corrected chi connectivity index (χ1v) is 8.60. The molecule has 0 saturated carbocycles. The summed E-state index contributed by atoms with van der Waals surface area (Å²) in [5, 5.41) is 3.10. The Kier molecular flexibility index (Phi) is 5.02. The highest BCUT2D eigenvalue weighted by molar-refractivity contribution is 7.11. The van der Waals surface area contributed by atoms with Gasteiger partial charge in [0.1, 0.15) is 0 Å². The van der Waals surface area contributed by atoms with Crippen LogP contribution in [0.4, 0.5) is 5.69 Å². The highest BCUT2D eigenvalue weighted by Crippen LogP contribution is 2.32. The number of benzene rings is 1. The molecule has 1 aliphatic heterocycles. The number of nitrogens with two attached hydrogens (primary N) is 1. The minimum Gasteiger partial charge on any atom is -0.490 e. The van der Waals surface area contributed by atoms with Gasteiger partial charge in [0.15, 0.2) is 17.5 Å². The van der Waals surface area contributed by atoms with Crippen LogP contribution in [0.25, 0.3) is 0 Å². The predicted octanol–water partition coefficient (Wildman–Crippen LogP) is 3.40. The number of fused-ring (bicyclic) bond motifs is 1. The lowest BCUT2D eigenvalue weighted by molar-refractivity contribution is 0.297. The second-order valence-corrected chi connectivity index (χ2v) is 6.51. The van der Waals surface area contributed by atoms with Crippen LogP contribution >= 0.6 is 11.3 Å². The Morgan fingerprint density at radius 3 is 2.74 bits per heavy atom. The smallest absolute Gasteiger partial charge is 0.193 e. The number of rotatable bonds is 4. The number of nitrogens with zero attached hydrogens (tertiary/aromatic N) is 1. The van der Waals surface area contributed by atoms with E-state index >= 15 is 0 Å². The van der Waals surface area contributed by atoms with Gasteiger partial charge in [0.05, 0.1) is 19.8 Å². The zero-order valence-electron chi connectivity index (χ0n) is 13.2. The van der Waals surface area contributed by atoms with Crippen LogP contribution in [-0.2, 0) is 13.0 Å². The van der Waals surface area contributed by atoms with Crippen LogP contribution in [0, 0.1) is 0 Å². The molecule has 0 fully saturated rings. The SMILES string of the molecule is CCc1ccc(CN=C(N)Nc2ccc3c(c2)OCCCO3)s1. The van der Waals surface area contributed by atoms with Crippen molar-refractivity contribution in [3.8, 4) is 11.5 Å². The first-order valence-electron chi connectivity index (χ1n) is 7.79. The van der Waals surface area contributed by atoms with Gasteiger partial charge in [-0.05, 0) is 30.7 Å². The Balaban J connectivity index is 1.63. The average molecular weight is 331 g/mol. The number of ether oxygens (including phenoxy) is 2. The summed E-state index contributed by atoms with van der Waals surface area (Å²) in [6.07, 6.45) is 1.95. The molecular formula is C17H21N3O2S. The van der Waals surface area contributed by atoms with Crippen LogP contribution in [0.3, 0.4) is 0 Å². The fraction of sp³-hybridized carbons (Fsp3) is 0.353. The second kappa shape index (κ2) is 7.37. The molecule has 0 bridgehead atoms.